The van der Waals surface area contributed by atoms with Crippen LogP contribution in [0.2, 0.25) is 0 Å². The number of nitrogens with zero attached hydrogens (tertiary/aromatic N) is 1. The monoisotopic (exact) mass is 373 g/mol. The number of carbonyl (C=O) groups is 3. The number of rotatable bonds is 4. The summed E-state index contributed by atoms with van der Waals surface area (Å²) in [6, 6.07) is 5.22. The molecule has 3 rings (SSSR count). The molecule has 0 saturated carbocycles. The molecule has 0 spiro atoms. The van der Waals surface area contributed by atoms with Gasteiger partial charge in [0.1, 0.15) is 18.4 Å². The molecule has 0 N–H and O–H groups in total. The largest absolute Gasteiger partial charge is 0.465 e. The van der Waals surface area contributed by atoms with Crippen LogP contribution >= 0.6 is 11.8 Å². The molecule has 0 radical (unpaired) electrons. The second-order valence-electron chi connectivity index (χ2n) is 5.59. The maximum Gasteiger partial charge on any atom is 0.326 e. The number of thioether (sulfide) groups is 1. The highest BCUT2D eigenvalue weighted by Crippen LogP contribution is 2.31. The molecule has 2 aromatic rings. The van der Waals surface area contributed by atoms with E-state index in [1.54, 1.807) is 19.1 Å². The molecule has 1 aromatic carbocycles. The number of hydrogen-bond acceptors (Lipinski definition) is 7. The van der Waals surface area contributed by atoms with Gasteiger partial charge in [-0.15, -0.1) is 0 Å². The molecule has 134 valence electrons. The number of carbonyl (C=O) groups excluding carboxylic acids is 3. The zero-order valence-electron chi connectivity index (χ0n) is 14.1. The molecule has 26 heavy (non-hydrogen) atoms. The van der Waals surface area contributed by atoms with Crippen LogP contribution in [0.15, 0.2) is 38.6 Å². The van der Waals surface area contributed by atoms with Gasteiger partial charge in [-0.3, -0.25) is 24.1 Å². The lowest BCUT2D eigenvalue weighted by Crippen LogP contribution is -2.34. The van der Waals surface area contributed by atoms with Gasteiger partial charge < -0.3 is 9.15 Å². The smallest absolute Gasteiger partial charge is 0.326 e. The van der Waals surface area contributed by atoms with E-state index in [1.165, 1.54) is 12.3 Å². The molecule has 0 unspecified atom stereocenters. The van der Waals surface area contributed by atoms with Gasteiger partial charge in [-0.25, -0.2) is 0 Å². The number of hydrogen-bond donors (Lipinski definition) is 0. The minimum atomic E-state index is -0.670. The molecule has 8 heteroatoms. The zero-order valence-corrected chi connectivity index (χ0v) is 14.9. The zero-order chi connectivity index (χ0) is 18.8. The Hall–Kier alpha value is -2.87. The van der Waals surface area contributed by atoms with Gasteiger partial charge in [-0.2, -0.15) is 0 Å². The highest BCUT2D eigenvalue weighted by Gasteiger charge is 2.36. The van der Waals surface area contributed by atoms with Crippen molar-refractivity contribution < 1.29 is 23.5 Å². The van der Waals surface area contributed by atoms with Crippen LogP contribution in [0.5, 0.6) is 0 Å². The lowest BCUT2D eigenvalue weighted by Gasteiger charge is -2.10. The van der Waals surface area contributed by atoms with Crippen LogP contribution in [0.4, 0.5) is 4.79 Å². The first-order valence-electron chi connectivity index (χ1n) is 7.84. The van der Waals surface area contributed by atoms with Crippen LogP contribution in [0, 0.1) is 6.92 Å². The van der Waals surface area contributed by atoms with Crippen molar-refractivity contribution in [1.82, 2.24) is 4.90 Å². The Labute approximate surface area is 152 Å². The lowest BCUT2D eigenvalue weighted by molar-refractivity contribution is -0.145. The summed E-state index contributed by atoms with van der Waals surface area (Å²) < 4.78 is 10.2. The van der Waals surface area contributed by atoms with Crippen molar-refractivity contribution in [3.63, 3.8) is 0 Å². The third-order valence-electron chi connectivity index (χ3n) is 3.71. The summed E-state index contributed by atoms with van der Waals surface area (Å²) in [4.78, 5) is 49.3. The van der Waals surface area contributed by atoms with E-state index in [9.17, 15) is 19.2 Å². The van der Waals surface area contributed by atoms with E-state index in [1.807, 2.05) is 13.0 Å². The van der Waals surface area contributed by atoms with Gasteiger partial charge in [-0.1, -0.05) is 11.6 Å². The van der Waals surface area contributed by atoms with E-state index in [-0.39, 0.29) is 22.5 Å². The molecule has 1 saturated heterocycles. The Balaban J connectivity index is 1.93. The van der Waals surface area contributed by atoms with Crippen LogP contribution in [0.3, 0.4) is 0 Å². The van der Waals surface area contributed by atoms with Crippen molar-refractivity contribution in [2.45, 2.75) is 13.8 Å². The van der Waals surface area contributed by atoms with Gasteiger partial charge in [-0.05, 0) is 43.8 Å². The third-order valence-corrected chi connectivity index (χ3v) is 4.61. The van der Waals surface area contributed by atoms with Gasteiger partial charge in [0.05, 0.1) is 22.5 Å². The molecule has 2 amide bonds. The summed E-state index contributed by atoms with van der Waals surface area (Å²) in [5.41, 5.74) is 1.20. The fourth-order valence-electron chi connectivity index (χ4n) is 2.47. The number of imide groups is 1. The first-order valence-corrected chi connectivity index (χ1v) is 8.65. The normalized spacial score (nSPS) is 15.9. The first-order chi connectivity index (χ1) is 12.4. The Kier molecular flexibility index (Phi) is 4.94. The van der Waals surface area contributed by atoms with Gasteiger partial charge in [0.2, 0.25) is 0 Å². The molecule has 0 bridgehead atoms. The summed E-state index contributed by atoms with van der Waals surface area (Å²) in [5.74, 6) is -1.31. The summed E-state index contributed by atoms with van der Waals surface area (Å²) in [6.07, 6.45) is 2.56. The number of amides is 2. The Bertz CT molecular complexity index is 1010. The predicted octanol–water partition coefficient (Wildman–Crippen LogP) is 2.70. The minimum Gasteiger partial charge on any atom is -0.465 e. The Morgan fingerprint density at radius 1 is 1.31 bits per heavy atom. The highest BCUT2D eigenvalue weighted by molar-refractivity contribution is 8.18. The first kappa shape index (κ1) is 17.9. The molecular formula is C18H15NO6S. The Morgan fingerprint density at radius 2 is 2.08 bits per heavy atom. The van der Waals surface area contributed by atoms with Crippen molar-refractivity contribution in [3.8, 4) is 0 Å². The van der Waals surface area contributed by atoms with Crippen LogP contribution < -0.4 is 5.43 Å². The molecule has 1 aromatic heterocycles. The number of aryl methyl sites for hydroxylation is 1. The molecule has 7 nitrogen and oxygen atoms in total. The highest BCUT2D eigenvalue weighted by atomic mass is 32.2. The van der Waals surface area contributed by atoms with E-state index in [0.717, 1.165) is 10.5 Å². The van der Waals surface area contributed by atoms with E-state index in [2.05, 4.69) is 0 Å². The standard InChI is InChI=1S/C18H15NO6S/c1-3-24-15(20)8-19-17(22)14(26-18(19)23)7-11-9-25-13-5-4-10(2)6-12(13)16(11)21/h4-7,9H,3,8H2,1-2H3/b14-7+. The molecule has 0 atom stereocenters. The summed E-state index contributed by atoms with van der Waals surface area (Å²) in [6.45, 7) is 3.18. The van der Waals surface area contributed by atoms with E-state index in [4.69, 9.17) is 9.15 Å². The van der Waals surface area contributed by atoms with Gasteiger partial charge in [0, 0.05) is 0 Å². The average molecular weight is 373 g/mol. The number of benzene rings is 1. The molecule has 1 aliphatic heterocycles. The number of esters is 1. The van der Waals surface area contributed by atoms with Crippen molar-refractivity contribution in [3.05, 3.63) is 50.7 Å². The van der Waals surface area contributed by atoms with Crippen LogP contribution in [-0.2, 0) is 14.3 Å². The van der Waals surface area contributed by atoms with Crippen molar-refractivity contribution in [2.75, 3.05) is 13.2 Å². The van der Waals surface area contributed by atoms with Crippen LogP contribution in [0.1, 0.15) is 18.1 Å². The van der Waals surface area contributed by atoms with Gasteiger partial charge >= 0.3 is 5.97 Å². The van der Waals surface area contributed by atoms with Crippen molar-refractivity contribution in [1.29, 1.82) is 0 Å². The maximum atomic E-state index is 12.6. The van der Waals surface area contributed by atoms with Crippen molar-refractivity contribution >= 4 is 45.9 Å². The Morgan fingerprint density at radius 3 is 2.81 bits per heavy atom. The summed E-state index contributed by atoms with van der Waals surface area (Å²) >= 11 is 0.664. The molecular weight excluding hydrogens is 358 g/mol. The molecule has 0 aliphatic carbocycles. The maximum absolute atomic E-state index is 12.6. The SMILES string of the molecule is CCOC(=O)CN1C(=O)S/C(=C/c2coc3ccc(C)cc3c2=O)C1=O. The van der Waals surface area contributed by atoms with Crippen molar-refractivity contribution in [2.24, 2.45) is 0 Å². The summed E-state index contributed by atoms with van der Waals surface area (Å²) in [7, 11) is 0. The number of fused-ring (bicyclic) bond motifs is 1. The summed E-state index contributed by atoms with van der Waals surface area (Å²) in [5, 5.41) is -0.195. The second-order valence-corrected chi connectivity index (χ2v) is 6.59. The quantitative estimate of drug-likeness (QED) is 0.601. The lowest BCUT2D eigenvalue weighted by atomic mass is 10.1. The van der Waals surface area contributed by atoms with E-state index in [0.29, 0.717) is 22.7 Å². The second kappa shape index (κ2) is 7.17. The van der Waals surface area contributed by atoms with Gasteiger partial charge in [0.15, 0.2) is 5.43 Å². The van der Waals surface area contributed by atoms with Crippen LogP contribution in [0.25, 0.3) is 17.0 Å². The minimum absolute atomic E-state index is 0.0543. The topological polar surface area (TPSA) is 93.9 Å². The molecule has 2 heterocycles. The van der Waals surface area contributed by atoms with Gasteiger partial charge in [0.25, 0.3) is 11.1 Å². The van der Waals surface area contributed by atoms with E-state index >= 15 is 0 Å². The third kappa shape index (κ3) is 3.41. The fraction of sp³-hybridized carbons (Fsp3) is 0.222. The number of ether oxygens (including phenoxy) is 1. The fourth-order valence-corrected chi connectivity index (χ4v) is 3.30. The van der Waals surface area contributed by atoms with E-state index < -0.39 is 23.7 Å². The predicted molar refractivity (Wildman–Crippen MR) is 96.5 cm³/mol. The van der Waals surface area contributed by atoms with Crippen LogP contribution in [-0.4, -0.2) is 35.2 Å². The molecule has 1 fully saturated rings. The molecule has 1 aliphatic rings. The average Bonchev–Trinajstić information content (AvgIpc) is 2.85.